The number of alkyl halides is 1. The maximum atomic E-state index is 9.68. The maximum Gasteiger partial charge on any atom is 0.0790 e. The molecule has 1 rings (SSSR count). The molecule has 1 aromatic carbocycles. The topological polar surface area (TPSA) is 20.2 Å². The molecule has 13 heavy (non-hydrogen) atoms. The zero-order chi connectivity index (χ0) is 9.68. The molecule has 1 aromatic rings. The standard InChI is InChI=1S/C10H12BrClO/c11-7-1-2-10(13)8-3-5-9(12)6-4-8/h3-6,10,13H,1-2,7H2. The lowest BCUT2D eigenvalue weighted by molar-refractivity contribution is 0.167. The van der Waals surface area contributed by atoms with Crippen LogP contribution in [-0.4, -0.2) is 10.4 Å². The van der Waals surface area contributed by atoms with E-state index in [9.17, 15) is 5.11 Å². The van der Waals surface area contributed by atoms with E-state index in [0.29, 0.717) is 5.02 Å². The summed E-state index contributed by atoms with van der Waals surface area (Å²) >= 11 is 9.06. The molecular weight excluding hydrogens is 251 g/mol. The Kier molecular flexibility index (Phi) is 4.78. The monoisotopic (exact) mass is 262 g/mol. The summed E-state index contributed by atoms with van der Waals surface area (Å²) in [5, 5.41) is 11.3. The predicted molar refractivity (Wildman–Crippen MR) is 59.4 cm³/mol. The van der Waals surface area contributed by atoms with Crippen LogP contribution in [0, 0.1) is 0 Å². The van der Waals surface area contributed by atoms with Crippen molar-refractivity contribution in [2.75, 3.05) is 5.33 Å². The van der Waals surface area contributed by atoms with Gasteiger partial charge in [-0.3, -0.25) is 0 Å². The van der Waals surface area contributed by atoms with Crippen molar-refractivity contribution in [3.05, 3.63) is 34.9 Å². The fourth-order valence-electron chi connectivity index (χ4n) is 1.12. The molecule has 0 aliphatic heterocycles. The first-order valence-electron chi connectivity index (χ1n) is 4.23. The molecule has 0 saturated heterocycles. The van der Waals surface area contributed by atoms with Crippen LogP contribution in [0.15, 0.2) is 24.3 Å². The summed E-state index contributed by atoms with van der Waals surface area (Å²) in [6.45, 7) is 0. The Morgan fingerprint density at radius 2 is 1.92 bits per heavy atom. The number of aliphatic hydroxyl groups is 1. The molecule has 0 aliphatic carbocycles. The van der Waals surface area contributed by atoms with Crippen molar-refractivity contribution >= 4 is 27.5 Å². The molecule has 1 atom stereocenters. The second kappa shape index (κ2) is 5.63. The van der Waals surface area contributed by atoms with Crippen molar-refractivity contribution in [3.63, 3.8) is 0 Å². The highest BCUT2D eigenvalue weighted by Gasteiger charge is 2.05. The highest BCUT2D eigenvalue weighted by Crippen LogP contribution is 2.20. The molecule has 0 aromatic heterocycles. The van der Waals surface area contributed by atoms with E-state index in [4.69, 9.17) is 11.6 Å². The molecule has 0 saturated carbocycles. The van der Waals surface area contributed by atoms with Gasteiger partial charge in [-0.1, -0.05) is 39.7 Å². The van der Waals surface area contributed by atoms with Crippen LogP contribution >= 0.6 is 27.5 Å². The smallest absolute Gasteiger partial charge is 0.0790 e. The van der Waals surface area contributed by atoms with Crippen LogP contribution in [0.1, 0.15) is 24.5 Å². The summed E-state index contributed by atoms with van der Waals surface area (Å²) in [5.41, 5.74) is 0.936. The van der Waals surface area contributed by atoms with Gasteiger partial charge in [-0.25, -0.2) is 0 Å². The molecule has 0 fully saturated rings. The Morgan fingerprint density at radius 3 is 2.46 bits per heavy atom. The van der Waals surface area contributed by atoms with Crippen LogP contribution in [0.4, 0.5) is 0 Å². The number of halogens is 2. The molecule has 72 valence electrons. The normalized spacial score (nSPS) is 12.8. The van der Waals surface area contributed by atoms with Crippen LogP contribution < -0.4 is 0 Å². The molecule has 1 unspecified atom stereocenters. The number of aliphatic hydroxyl groups excluding tert-OH is 1. The Hall–Kier alpha value is -0.0500. The molecule has 0 amide bonds. The molecule has 0 aliphatic rings. The van der Waals surface area contributed by atoms with Gasteiger partial charge in [-0.15, -0.1) is 0 Å². The van der Waals surface area contributed by atoms with Crippen LogP contribution in [0.2, 0.25) is 5.02 Å². The molecule has 1 N–H and O–H groups in total. The van der Waals surface area contributed by atoms with Crippen LogP contribution in [0.25, 0.3) is 0 Å². The minimum Gasteiger partial charge on any atom is -0.388 e. The quantitative estimate of drug-likeness (QED) is 0.824. The van der Waals surface area contributed by atoms with Gasteiger partial charge in [0.1, 0.15) is 0 Å². The average molecular weight is 264 g/mol. The molecule has 0 radical (unpaired) electrons. The Balaban J connectivity index is 2.55. The highest BCUT2D eigenvalue weighted by molar-refractivity contribution is 9.09. The SMILES string of the molecule is OC(CCCBr)c1ccc(Cl)cc1. The number of hydrogen-bond donors (Lipinski definition) is 1. The zero-order valence-corrected chi connectivity index (χ0v) is 9.55. The summed E-state index contributed by atoms with van der Waals surface area (Å²) < 4.78 is 0. The minimum atomic E-state index is -0.366. The summed E-state index contributed by atoms with van der Waals surface area (Å²) in [4.78, 5) is 0. The predicted octanol–water partition coefficient (Wildman–Crippen LogP) is 3.55. The van der Waals surface area contributed by atoms with Crippen LogP contribution in [0.5, 0.6) is 0 Å². The molecule has 0 spiro atoms. The lowest BCUT2D eigenvalue weighted by atomic mass is 10.1. The van der Waals surface area contributed by atoms with Gasteiger partial charge in [-0.2, -0.15) is 0 Å². The third kappa shape index (κ3) is 3.67. The Bertz CT molecular complexity index is 248. The Morgan fingerprint density at radius 1 is 1.31 bits per heavy atom. The maximum absolute atomic E-state index is 9.68. The van der Waals surface area contributed by atoms with Gasteiger partial charge < -0.3 is 5.11 Å². The minimum absolute atomic E-state index is 0.366. The van der Waals surface area contributed by atoms with Gasteiger partial charge in [0.05, 0.1) is 6.10 Å². The summed E-state index contributed by atoms with van der Waals surface area (Å²) in [5.74, 6) is 0. The van der Waals surface area contributed by atoms with Crippen molar-refractivity contribution in [2.24, 2.45) is 0 Å². The van der Waals surface area contributed by atoms with Crippen molar-refractivity contribution in [1.82, 2.24) is 0 Å². The van der Waals surface area contributed by atoms with Gasteiger partial charge in [0.25, 0.3) is 0 Å². The van der Waals surface area contributed by atoms with Gasteiger partial charge in [0, 0.05) is 10.4 Å². The van der Waals surface area contributed by atoms with E-state index < -0.39 is 0 Å². The highest BCUT2D eigenvalue weighted by atomic mass is 79.9. The van der Waals surface area contributed by atoms with E-state index in [2.05, 4.69) is 15.9 Å². The number of hydrogen-bond acceptors (Lipinski definition) is 1. The number of rotatable bonds is 4. The molecule has 0 bridgehead atoms. The van der Waals surface area contributed by atoms with E-state index >= 15 is 0 Å². The fraction of sp³-hybridized carbons (Fsp3) is 0.400. The van der Waals surface area contributed by atoms with Gasteiger partial charge in [0.2, 0.25) is 0 Å². The van der Waals surface area contributed by atoms with E-state index in [1.54, 1.807) is 12.1 Å². The second-order valence-corrected chi connectivity index (χ2v) is 4.13. The van der Waals surface area contributed by atoms with E-state index in [1.165, 1.54) is 0 Å². The van der Waals surface area contributed by atoms with Gasteiger partial charge in [-0.05, 0) is 30.5 Å². The fourth-order valence-corrected chi connectivity index (χ4v) is 1.57. The first kappa shape index (κ1) is 11.0. The second-order valence-electron chi connectivity index (χ2n) is 2.90. The summed E-state index contributed by atoms with van der Waals surface area (Å²) in [6, 6.07) is 7.32. The molecule has 3 heteroatoms. The van der Waals surface area contributed by atoms with Crippen molar-refractivity contribution in [1.29, 1.82) is 0 Å². The average Bonchev–Trinajstić information content (AvgIpc) is 2.15. The lowest BCUT2D eigenvalue weighted by Crippen LogP contribution is -1.97. The van der Waals surface area contributed by atoms with E-state index in [1.807, 2.05) is 12.1 Å². The van der Waals surface area contributed by atoms with Crippen LogP contribution in [-0.2, 0) is 0 Å². The lowest BCUT2D eigenvalue weighted by Gasteiger charge is -2.09. The van der Waals surface area contributed by atoms with E-state index in [-0.39, 0.29) is 6.10 Å². The van der Waals surface area contributed by atoms with Gasteiger partial charge in [0.15, 0.2) is 0 Å². The van der Waals surface area contributed by atoms with Gasteiger partial charge >= 0.3 is 0 Å². The van der Waals surface area contributed by atoms with Crippen molar-refractivity contribution in [2.45, 2.75) is 18.9 Å². The summed E-state index contributed by atoms with van der Waals surface area (Å²) in [6.07, 6.45) is 1.39. The third-order valence-corrected chi connectivity index (χ3v) is 2.68. The molecular formula is C10H12BrClO. The first-order chi connectivity index (χ1) is 6.24. The Labute approximate surface area is 91.9 Å². The number of benzene rings is 1. The first-order valence-corrected chi connectivity index (χ1v) is 5.73. The summed E-state index contributed by atoms with van der Waals surface area (Å²) in [7, 11) is 0. The van der Waals surface area contributed by atoms with E-state index in [0.717, 1.165) is 23.7 Å². The van der Waals surface area contributed by atoms with Crippen LogP contribution in [0.3, 0.4) is 0 Å². The zero-order valence-electron chi connectivity index (χ0n) is 7.21. The largest absolute Gasteiger partial charge is 0.388 e. The van der Waals surface area contributed by atoms with Crippen molar-refractivity contribution in [3.8, 4) is 0 Å². The molecule has 1 nitrogen and oxygen atoms in total. The van der Waals surface area contributed by atoms with Crippen molar-refractivity contribution < 1.29 is 5.11 Å². The molecule has 0 heterocycles. The third-order valence-electron chi connectivity index (χ3n) is 1.87.